The number of anilines is 2. The fraction of sp³-hybridized carbons (Fsp3) is 0.459. The van der Waals surface area contributed by atoms with Crippen LogP contribution in [0.2, 0.25) is 0 Å². The molecule has 254 valence electrons. The highest BCUT2D eigenvalue weighted by Gasteiger charge is 2.41. The molecule has 2 saturated heterocycles. The number of amides is 3. The van der Waals surface area contributed by atoms with Crippen molar-refractivity contribution in [3.63, 3.8) is 0 Å². The molecule has 3 amide bonds. The summed E-state index contributed by atoms with van der Waals surface area (Å²) >= 11 is 0. The smallest absolute Gasteiger partial charge is 0.253 e. The molecule has 6 rings (SSSR count). The zero-order valence-corrected chi connectivity index (χ0v) is 28.4. The van der Waals surface area contributed by atoms with Crippen LogP contribution in [0.15, 0.2) is 54.7 Å². The topological polar surface area (TPSA) is 133 Å². The number of benzene rings is 2. The van der Waals surface area contributed by atoms with Crippen LogP contribution in [-0.2, 0) is 0 Å². The van der Waals surface area contributed by atoms with Gasteiger partial charge in [0.15, 0.2) is 0 Å². The summed E-state index contributed by atoms with van der Waals surface area (Å²) in [4.78, 5) is 50.1. The molecule has 1 aliphatic carbocycles. The predicted molar refractivity (Wildman–Crippen MR) is 187 cm³/mol. The number of carbonyl (C=O) groups excluding carboxylic acids is 3. The summed E-state index contributed by atoms with van der Waals surface area (Å²) in [6.07, 6.45) is 5.50. The van der Waals surface area contributed by atoms with Gasteiger partial charge in [-0.1, -0.05) is 12.1 Å². The van der Waals surface area contributed by atoms with Crippen molar-refractivity contribution < 1.29 is 19.1 Å². The monoisotopic (exact) mass is 653 g/mol. The SMILES string of the molecule is COc1c(C(N)=O)ccc(C(=O)NC2CC3CCCN(c4ccc(C(=O)N[C@@H](C)c5ccc(N6CCN(C)CC6)cc5)cn4)C3C2)c1C. The molecule has 3 heterocycles. The Hall–Kier alpha value is -4.64. The largest absolute Gasteiger partial charge is 0.496 e. The molecule has 4 N–H and O–H groups in total. The van der Waals surface area contributed by atoms with E-state index in [0.29, 0.717) is 28.4 Å². The number of piperidine rings is 1. The number of carbonyl (C=O) groups is 3. The van der Waals surface area contributed by atoms with E-state index in [-0.39, 0.29) is 35.5 Å². The second-order valence-corrected chi connectivity index (χ2v) is 13.5. The Morgan fingerprint density at radius 1 is 0.938 bits per heavy atom. The summed E-state index contributed by atoms with van der Waals surface area (Å²) in [5, 5.41) is 6.35. The second-order valence-electron chi connectivity index (χ2n) is 13.5. The number of hydrogen-bond acceptors (Lipinski definition) is 8. The first-order chi connectivity index (χ1) is 23.1. The van der Waals surface area contributed by atoms with E-state index in [2.05, 4.69) is 56.6 Å². The van der Waals surface area contributed by atoms with E-state index in [4.69, 9.17) is 15.5 Å². The molecule has 1 aromatic heterocycles. The first-order valence-electron chi connectivity index (χ1n) is 17.0. The number of nitrogens with one attached hydrogen (secondary N) is 2. The van der Waals surface area contributed by atoms with E-state index in [9.17, 15) is 14.4 Å². The molecule has 3 fully saturated rings. The van der Waals surface area contributed by atoms with Crippen molar-refractivity contribution in [2.75, 3.05) is 56.7 Å². The van der Waals surface area contributed by atoms with Gasteiger partial charge in [0.25, 0.3) is 17.7 Å². The average Bonchev–Trinajstić information content (AvgIpc) is 3.51. The number of nitrogens with two attached hydrogens (primary N) is 1. The number of fused-ring (bicyclic) bond motifs is 1. The molecule has 4 atom stereocenters. The summed E-state index contributed by atoms with van der Waals surface area (Å²) < 4.78 is 5.40. The number of pyridine rings is 1. The lowest BCUT2D eigenvalue weighted by atomic mass is 9.92. The van der Waals surface area contributed by atoms with Crippen molar-refractivity contribution in [2.24, 2.45) is 11.7 Å². The van der Waals surface area contributed by atoms with Crippen LogP contribution < -0.4 is 30.9 Å². The summed E-state index contributed by atoms with van der Waals surface area (Å²) in [5.41, 5.74) is 9.60. The Kier molecular flexibility index (Phi) is 9.86. The van der Waals surface area contributed by atoms with Crippen molar-refractivity contribution >= 4 is 29.2 Å². The molecule has 2 aliphatic heterocycles. The van der Waals surface area contributed by atoms with Gasteiger partial charge in [-0.25, -0.2) is 4.98 Å². The molecule has 11 nitrogen and oxygen atoms in total. The minimum absolute atomic E-state index is 0.0106. The van der Waals surface area contributed by atoms with Gasteiger partial charge in [-0.05, 0) is 94.5 Å². The quantitative estimate of drug-likeness (QED) is 0.317. The zero-order valence-electron chi connectivity index (χ0n) is 28.4. The standard InChI is InChI=1S/C37H47N7O4/c1-23-30(12-13-31(35(38)45)34(23)48-4)37(47)41-28-20-26-6-5-15-44(32(26)21-28)33-14-9-27(22-39-33)36(46)40-24(2)25-7-10-29(11-8-25)43-18-16-42(3)17-19-43/h7-14,22,24,26,28,32H,5-6,15-21H2,1-4H3,(H2,38,45)(H,40,46)(H,41,47)/t24-,26?,28?,32?/m0/s1. The van der Waals surface area contributed by atoms with Gasteiger partial charge >= 0.3 is 0 Å². The number of methoxy groups -OCH3 is 1. The predicted octanol–water partition coefficient (Wildman–Crippen LogP) is 3.92. The molecule has 3 aliphatic rings. The zero-order chi connectivity index (χ0) is 33.9. The highest BCUT2D eigenvalue weighted by atomic mass is 16.5. The Morgan fingerprint density at radius 2 is 1.67 bits per heavy atom. The average molecular weight is 654 g/mol. The van der Waals surface area contributed by atoms with Gasteiger partial charge in [-0.3, -0.25) is 14.4 Å². The molecule has 48 heavy (non-hydrogen) atoms. The van der Waals surface area contributed by atoms with Gasteiger partial charge in [0.2, 0.25) is 0 Å². The molecule has 0 spiro atoms. The maximum absolute atomic E-state index is 13.3. The number of ether oxygens (including phenoxy) is 1. The third-order valence-corrected chi connectivity index (χ3v) is 10.4. The third kappa shape index (κ3) is 6.96. The number of hydrogen-bond donors (Lipinski definition) is 3. The summed E-state index contributed by atoms with van der Waals surface area (Å²) in [6, 6.07) is 15.6. The molecule has 0 radical (unpaired) electrons. The lowest BCUT2D eigenvalue weighted by molar-refractivity contribution is 0.0928. The summed E-state index contributed by atoms with van der Waals surface area (Å²) in [5.74, 6) is 0.676. The van der Waals surface area contributed by atoms with Crippen LogP contribution in [0.1, 0.15) is 80.8 Å². The van der Waals surface area contributed by atoms with Crippen LogP contribution in [-0.4, -0.2) is 86.6 Å². The van der Waals surface area contributed by atoms with E-state index < -0.39 is 5.91 Å². The first-order valence-corrected chi connectivity index (χ1v) is 17.0. The summed E-state index contributed by atoms with van der Waals surface area (Å²) in [6.45, 7) is 8.81. The van der Waals surface area contributed by atoms with Gasteiger partial charge in [-0.15, -0.1) is 0 Å². The molecule has 1 saturated carbocycles. The highest BCUT2D eigenvalue weighted by Crippen LogP contribution is 2.39. The van der Waals surface area contributed by atoms with Crippen molar-refractivity contribution in [2.45, 2.75) is 57.7 Å². The Labute approximate surface area is 282 Å². The van der Waals surface area contributed by atoms with E-state index in [0.717, 1.165) is 69.8 Å². The summed E-state index contributed by atoms with van der Waals surface area (Å²) in [7, 11) is 3.62. The fourth-order valence-corrected chi connectivity index (χ4v) is 7.64. The maximum Gasteiger partial charge on any atom is 0.253 e. The first kappa shape index (κ1) is 33.3. The number of likely N-dealkylation sites (N-methyl/N-ethyl adjacent to an activating group) is 1. The molecule has 2 aromatic carbocycles. The van der Waals surface area contributed by atoms with E-state index in [1.807, 2.05) is 19.1 Å². The van der Waals surface area contributed by atoms with E-state index >= 15 is 0 Å². The van der Waals surface area contributed by atoms with Crippen LogP contribution in [0, 0.1) is 12.8 Å². The molecular formula is C37H47N7O4. The highest BCUT2D eigenvalue weighted by molar-refractivity contribution is 6.01. The van der Waals surface area contributed by atoms with Gasteiger partial charge in [0.05, 0.1) is 24.3 Å². The number of aromatic nitrogens is 1. The minimum Gasteiger partial charge on any atom is -0.496 e. The molecular weight excluding hydrogens is 606 g/mol. The van der Waals surface area contributed by atoms with Crippen molar-refractivity contribution in [3.8, 4) is 5.75 Å². The van der Waals surface area contributed by atoms with Crippen LogP contribution in [0.5, 0.6) is 5.75 Å². The fourth-order valence-electron chi connectivity index (χ4n) is 7.64. The Bertz CT molecular complexity index is 1640. The normalized spacial score (nSPS) is 21.7. The number of piperazine rings is 1. The van der Waals surface area contributed by atoms with Gasteiger partial charge in [0.1, 0.15) is 11.6 Å². The van der Waals surface area contributed by atoms with Crippen molar-refractivity contribution in [1.82, 2.24) is 20.5 Å². The minimum atomic E-state index is -0.596. The lowest BCUT2D eigenvalue weighted by Crippen LogP contribution is -2.44. The number of nitrogens with zero attached hydrogens (tertiary/aromatic N) is 4. The van der Waals surface area contributed by atoms with Crippen molar-refractivity contribution in [3.05, 3.63) is 82.5 Å². The maximum atomic E-state index is 13.3. The number of primary amides is 1. The van der Waals surface area contributed by atoms with Gasteiger partial charge in [0, 0.05) is 67.8 Å². The molecule has 0 bridgehead atoms. The second kappa shape index (κ2) is 14.2. The molecule has 3 unspecified atom stereocenters. The van der Waals surface area contributed by atoms with Crippen LogP contribution in [0.4, 0.5) is 11.5 Å². The third-order valence-electron chi connectivity index (χ3n) is 10.4. The van der Waals surface area contributed by atoms with Crippen LogP contribution >= 0.6 is 0 Å². The van der Waals surface area contributed by atoms with Gasteiger partial charge in [-0.2, -0.15) is 0 Å². The van der Waals surface area contributed by atoms with Gasteiger partial charge < -0.3 is 35.8 Å². The number of rotatable bonds is 9. The Balaban J connectivity index is 1.05. The van der Waals surface area contributed by atoms with E-state index in [1.165, 1.54) is 12.8 Å². The lowest BCUT2D eigenvalue weighted by Gasteiger charge is -2.38. The van der Waals surface area contributed by atoms with E-state index in [1.54, 1.807) is 25.3 Å². The Morgan fingerprint density at radius 3 is 2.33 bits per heavy atom. The van der Waals surface area contributed by atoms with Crippen LogP contribution in [0.3, 0.4) is 0 Å². The van der Waals surface area contributed by atoms with Crippen LogP contribution in [0.25, 0.3) is 0 Å². The van der Waals surface area contributed by atoms with Crippen molar-refractivity contribution in [1.29, 1.82) is 0 Å². The molecule has 11 heteroatoms. The molecule has 3 aromatic rings.